The number of fused-ring (bicyclic) bond motifs is 1. The van der Waals surface area contributed by atoms with Gasteiger partial charge >= 0.3 is 6.18 Å². The smallest absolute Gasteiger partial charge is 0.352 e. The van der Waals surface area contributed by atoms with Gasteiger partial charge in [0.15, 0.2) is 0 Å². The summed E-state index contributed by atoms with van der Waals surface area (Å²) in [6, 6.07) is 8.69. The van der Waals surface area contributed by atoms with E-state index in [0.29, 0.717) is 34.2 Å². The van der Waals surface area contributed by atoms with Crippen molar-refractivity contribution in [2.75, 3.05) is 37.4 Å². The minimum atomic E-state index is -4.44. The van der Waals surface area contributed by atoms with E-state index in [0.717, 1.165) is 43.7 Å². The van der Waals surface area contributed by atoms with Crippen molar-refractivity contribution in [3.63, 3.8) is 0 Å². The van der Waals surface area contributed by atoms with Crippen molar-refractivity contribution < 1.29 is 18.0 Å². The molecule has 194 valence electrons. The van der Waals surface area contributed by atoms with Crippen LogP contribution in [0.15, 0.2) is 46.3 Å². The second-order valence-electron chi connectivity index (χ2n) is 8.14. The quantitative estimate of drug-likeness (QED) is 0.142. The van der Waals surface area contributed by atoms with E-state index >= 15 is 0 Å². The van der Waals surface area contributed by atoms with Gasteiger partial charge in [0.2, 0.25) is 5.95 Å². The van der Waals surface area contributed by atoms with E-state index in [2.05, 4.69) is 46.1 Å². The number of amides is 1. The molecule has 2 N–H and O–H groups in total. The van der Waals surface area contributed by atoms with Crippen molar-refractivity contribution in [1.82, 2.24) is 19.8 Å². The average molecular weight is 521 g/mol. The third-order valence-electron chi connectivity index (χ3n) is 5.89. The molecule has 7 nitrogen and oxygen atoms in total. The van der Waals surface area contributed by atoms with Gasteiger partial charge in [-0.3, -0.25) is 9.79 Å². The first-order valence-corrected chi connectivity index (χ1v) is 12.7. The summed E-state index contributed by atoms with van der Waals surface area (Å²) in [5.41, 5.74) is 1.64. The van der Waals surface area contributed by atoms with Gasteiger partial charge in [0.1, 0.15) is 0 Å². The maximum atomic E-state index is 13.1. The number of anilines is 1. The SMILES string of the molecule is C=Nc1ccc(C(F)(F)F)cc1SCNc1nc2cc(C(=O)NCCCN(CC)CC)ccc2n1C. The highest BCUT2D eigenvalue weighted by molar-refractivity contribution is 7.99. The lowest BCUT2D eigenvalue weighted by Gasteiger charge is -2.17. The molecule has 3 aromatic rings. The number of carbonyl (C=O) groups is 1. The molecule has 1 aromatic heterocycles. The van der Waals surface area contributed by atoms with Gasteiger partial charge in [-0.05, 0) is 69.2 Å². The highest BCUT2D eigenvalue weighted by Gasteiger charge is 2.31. The number of nitrogens with zero attached hydrogens (tertiary/aromatic N) is 4. The average Bonchev–Trinajstić information content (AvgIpc) is 3.18. The van der Waals surface area contributed by atoms with E-state index in [-0.39, 0.29) is 11.8 Å². The topological polar surface area (TPSA) is 74.5 Å². The molecular formula is C25H31F3N6OS. The Morgan fingerprint density at radius 1 is 1.19 bits per heavy atom. The predicted molar refractivity (Wildman–Crippen MR) is 140 cm³/mol. The van der Waals surface area contributed by atoms with Crippen LogP contribution in [0.25, 0.3) is 11.0 Å². The number of aryl methyl sites for hydroxylation is 1. The Bertz CT molecular complexity index is 1210. The summed E-state index contributed by atoms with van der Waals surface area (Å²) in [6.07, 6.45) is -3.56. The van der Waals surface area contributed by atoms with Crippen LogP contribution >= 0.6 is 11.8 Å². The summed E-state index contributed by atoms with van der Waals surface area (Å²) in [5, 5.41) is 6.09. The third-order valence-corrected chi connectivity index (χ3v) is 6.82. The minimum Gasteiger partial charge on any atom is -0.352 e. The largest absolute Gasteiger partial charge is 0.416 e. The number of hydrogen-bond donors (Lipinski definition) is 2. The number of halogens is 3. The second-order valence-corrected chi connectivity index (χ2v) is 9.16. The maximum Gasteiger partial charge on any atom is 0.416 e. The molecule has 0 aliphatic carbocycles. The summed E-state index contributed by atoms with van der Waals surface area (Å²) in [6.45, 7) is 11.2. The van der Waals surface area contributed by atoms with E-state index in [1.54, 1.807) is 12.1 Å². The van der Waals surface area contributed by atoms with Gasteiger partial charge in [0.25, 0.3) is 5.91 Å². The van der Waals surface area contributed by atoms with Gasteiger partial charge < -0.3 is 20.1 Å². The van der Waals surface area contributed by atoms with E-state index < -0.39 is 11.7 Å². The number of aliphatic imine (C=N–C) groups is 1. The summed E-state index contributed by atoms with van der Waals surface area (Å²) < 4.78 is 41.1. The molecule has 1 amide bonds. The molecule has 0 saturated carbocycles. The first kappa shape index (κ1) is 27.5. The van der Waals surface area contributed by atoms with E-state index in [1.165, 1.54) is 17.8 Å². The number of imidazole rings is 1. The summed E-state index contributed by atoms with van der Waals surface area (Å²) >= 11 is 1.17. The van der Waals surface area contributed by atoms with Crippen molar-refractivity contribution >= 4 is 47.1 Å². The molecule has 0 unspecified atom stereocenters. The van der Waals surface area contributed by atoms with Gasteiger partial charge in [-0.2, -0.15) is 13.2 Å². The molecule has 0 radical (unpaired) electrons. The van der Waals surface area contributed by atoms with E-state index in [1.807, 2.05) is 17.7 Å². The highest BCUT2D eigenvalue weighted by atomic mass is 32.2. The Balaban J connectivity index is 1.63. The minimum absolute atomic E-state index is 0.152. The standard InChI is InChI=1S/C25H31F3N6OS/c1-5-34(6-2)13-7-12-30-23(35)17-8-11-21-20(14-17)32-24(33(21)4)31-16-36-22-15-18(25(26,27)28)9-10-19(22)29-3/h8-11,14-15H,3,5-7,12-13,16H2,1-2,4H3,(H,30,35)(H,31,32). The Morgan fingerprint density at radius 3 is 2.61 bits per heavy atom. The first-order chi connectivity index (χ1) is 17.2. The molecule has 3 rings (SSSR count). The van der Waals surface area contributed by atoms with Gasteiger partial charge in [0, 0.05) is 24.1 Å². The number of hydrogen-bond acceptors (Lipinski definition) is 6. The Morgan fingerprint density at radius 2 is 1.94 bits per heavy atom. The molecular weight excluding hydrogens is 489 g/mol. The molecule has 36 heavy (non-hydrogen) atoms. The Hall–Kier alpha value is -3.05. The van der Waals surface area contributed by atoms with Crippen LogP contribution in [0.5, 0.6) is 0 Å². The molecule has 2 aromatic carbocycles. The fourth-order valence-electron chi connectivity index (χ4n) is 3.76. The summed E-state index contributed by atoms with van der Waals surface area (Å²) in [7, 11) is 1.83. The van der Waals surface area contributed by atoms with Gasteiger partial charge in [-0.1, -0.05) is 13.8 Å². The monoisotopic (exact) mass is 520 g/mol. The van der Waals surface area contributed by atoms with Gasteiger partial charge in [0.05, 0.1) is 28.2 Å². The lowest BCUT2D eigenvalue weighted by Crippen LogP contribution is -2.29. The van der Waals surface area contributed by atoms with E-state index in [9.17, 15) is 18.0 Å². The van der Waals surface area contributed by atoms with Crippen LogP contribution in [0.3, 0.4) is 0 Å². The number of thioether (sulfide) groups is 1. The second kappa shape index (κ2) is 12.3. The highest BCUT2D eigenvalue weighted by Crippen LogP contribution is 2.36. The Kier molecular flexibility index (Phi) is 9.38. The fourth-order valence-corrected chi connectivity index (χ4v) is 4.61. The number of rotatable bonds is 12. The molecule has 0 fully saturated rings. The lowest BCUT2D eigenvalue weighted by molar-refractivity contribution is -0.137. The third kappa shape index (κ3) is 6.79. The number of nitrogens with one attached hydrogen (secondary N) is 2. The zero-order valence-electron chi connectivity index (χ0n) is 20.7. The van der Waals surface area contributed by atoms with Crippen molar-refractivity contribution in [3.05, 3.63) is 47.5 Å². The van der Waals surface area contributed by atoms with Crippen molar-refractivity contribution in [2.45, 2.75) is 31.3 Å². The van der Waals surface area contributed by atoms with Gasteiger partial charge in [-0.15, -0.1) is 11.8 Å². The molecule has 0 atom stereocenters. The zero-order valence-corrected chi connectivity index (χ0v) is 21.5. The van der Waals surface area contributed by atoms with Crippen molar-refractivity contribution in [3.8, 4) is 0 Å². The van der Waals surface area contributed by atoms with Crippen LogP contribution in [-0.2, 0) is 13.2 Å². The van der Waals surface area contributed by atoms with Crippen molar-refractivity contribution in [2.24, 2.45) is 12.0 Å². The molecule has 0 spiro atoms. The number of carbonyl (C=O) groups excluding carboxylic acids is 1. The number of alkyl halides is 3. The van der Waals surface area contributed by atoms with Crippen LogP contribution < -0.4 is 10.6 Å². The molecule has 0 aliphatic heterocycles. The lowest BCUT2D eigenvalue weighted by atomic mass is 10.2. The number of benzene rings is 2. The van der Waals surface area contributed by atoms with E-state index in [4.69, 9.17) is 0 Å². The fraction of sp³-hybridized carbons (Fsp3) is 0.400. The maximum absolute atomic E-state index is 13.1. The van der Waals surface area contributed by atoms with Crippen LogP contribution in [0.2, 0.25) is 0 Å². The summed E-state index contributed by atoms with van der Waals surface area (Å²) in [4.78, 5) is 23.6. The normalized spacial score (nSPS) is 11.8. The predicted octanol–water partition coefficient (Wildman–Crippen LogP) is 5.55. The van der Waals surface area contributed by atoms with Crippen LogP contribution in [0.1, 0.15) is 36.2 Å². The molecule has 0 bridgehead atoms. The molecule has 0 aliphatic rings. The van der Waals surface area contributed by atoms with Crippen molar-refractivity contribution in [1.29, 1.82) is 0 Å². The molecule has 0 saturated heterocycles. The zero-order chi connectivity index (χ0) is 26.3. The first-order valence-electron chi connectivity index (χ1n) is 11.7. The molecule has 11 heteroatoms. The van der Waals surface area contributed by atoms with Crippen LogP contribution in [-0.4, -0.2) is 59.1 Å². The summed E-state index contributed by atoms with van der Waals surface area (Å²) in [5.74, 6) is 0.650. The van der Waals surface area contributed by atoms with Gasteiger partial charge in [-0.25, -0.2) is 4.98 Å². The van der Waals surface area contributed by atoms with Crippen LogP contribution in [0.4, 0.5) is 24.8 Å². The Labute approximate surface area is 213 Å². The van der Waals surface area contributed by atoms with Crippen LogP contribution in [0, 0.1) is 0 Å². The number of aromatic nitrogens is 2. The molecule has 1 heterocycles.